The highest BCUT2D eigenvalue weighted by Gasteiger charge is 2.21. The molecule has 0 aliphatic rings. The van der Waals surface area contributed by atoms with Gasteiger partial charge in [0.25, 0.3) is 5.91 Å². The average molecular weight is 426 g/mol. The normalized spacial score (nSPS) is 11.1. The molecule has 30 heavy (non-hydrogen) atoms. The number of halogens is 2. The number of hydrogen-bond donors (Lipinski definition) is 2. The van der Waals surface area contributed by atoms with Gasteiger partial charge in [-0.25, -0.2) is 9.07 Å². The van der Waals surface area contributed by atoms with Gasteiger partial charge in [-0.15, -0.1) is 0 Å². The van der Waals surface area contributed by atoms with Crippen molar-refractivity contribution in [2.24, 2.45) is 0 Å². The SMILES string of the molecule is CN(C)C(=O)c1nn(-c2ccc(F)c(O)c2)c2ccc(-c3ccc(O)c(Cl)c3)cc12. The van der Waals surface area contributed by atoms with Crippen molar-refractivity contribution in [1.29, 1.82) is 0 Å². The number of phenols is 2. The first-order chi connectivity index (χ1) is 14.3. The summed E-state index contributed by atoms with van der Waals surface area (Å²) in [4.78, 5) is 14.2. The Morgan fingerprint density at radius 2 is 1.70 bits per heavy atom. The first-order valence-corrected chi connectivity index (χ1v) is 9.36. The Morgan fingerprint density at radius 1 is 1.00 bits per heavy atom. The third-order valence-corrected chi connectivity index (χ3v) is 5.05. The number of hydrogen-bond acceptors (Lipinski definition) is 4. The van der Waals surface area contributed by atoms with Crippen LogP contribution < -0.4 is 0 Å². The molecule has 0 fully saturated rings. The molecule has 8 heteroatoms. The molecule has 1 aromatic heterocycles. The molecule has 0 saturated heterocycles. The zero-order valence-corrected chi connectivity index (χ0v) is 16.9. The van der Waals surface area contributed by atoms with Gasteiger partial charge in [-0.1, -0.05) is 23.7 Å². The van der Waals surface area contributed by atoms with E-state index in [9.17, 15) is 19.4 Å². The van der Waals surface area contributed by atoms with Gasteiger partial charge in [-0.05, 0) is 47.5 Å². The number of aromatic hydroxyl groups is 2. The number of phenolic OH excluding ortho intramolecular Hbond substituents is 2. The monoisotopic (exact) mass is 425 g/mol. The fourth-order valence-corrected chi connectivity index (χ4v) is 3.36. The van der Waals surface area contributed by atoms with E-state index in [4.69, 9.17) is 11.6 Å². The zero-order chi connectivity index (χ0) is 21.6. The van der Waals surface area contributed by atoms with E-state index in [0.29, 0.717) is 16.6 Å². The summed E-state index contributed by atoms with van der Waals surface area (Å²) in [6, 6.07) is 14.1. The van der Waals surface area contributed by atoms with Gasteiger partial charge in [0.15, 0.2) is 17.3 Å². The van der Waals surface area contributed by atoms with Gasteiger partial charge in [0, 0.05) is 25.5 Å². The van der Waals surface area contributed by atoms with Crippen LogP contribution in [0.25, 0.3) is 27.7 Å². The van der Waals surface area contributed by atoms with Gasteiger partial charge < -0.3 is 15.1 Å². The number of amides is 1. The van der Waals surface area contributed by atoms with Crippen LogP contribution in [-0.2, 0) is 0 Å². The van der Waals surface area contributed by atoms with Crippen molar-refractivity contribution in [1.82, 2.24) is 14.7 Å². The van der Waals surface area contributed by atoms with Crippen LogP contribution in [0.4, 0.5) is 4.39 Å². The van der Waals surface area contributed by atoms with E-state index in [1.807, 2.05) is 12.1 Å². The molecule has 0 aliphatic carbocycles. The number of benzene rings is 3. The van der Waals surface area contributed by atoms with Gasteiger partial charge in [0.05, 0.1) is 16.2 Å². The van der Waals surface area contributed by atoms with Gasteiger partial charge in [0.2, 0.25) is 0 Å². The summed E-state index contributed by atoms with van der Waals surface area (Å²) in [5.41, 5.74) is 2.77. The number of fused-ring (bicyclic) bond motifs is 1. The summed E-state index contributed by atoms with van der Waals surface area (Å²) in [6.45, 7) is 0. The first-order valence-electron chi connectivity index (χ1n) is 8.98. The summed E-state index contributed by atoms with van der Waals surface area (Å²) >= 11 is 6.04. The lowest BCUT2D eigenvalue weighted by atomic mass is 10.0. The van der Waals surface area contributed by atoms with Crippen molar-refractivity contribution in [2.75, 3.05) is 14.1 Å². The topological polar surface area (TPSA) is 78.6 Å². The molecule has 2 N–H and O–H groups in total. The first kappa shape index (κ1) is 19.7. The Labute approximate surface area is 176 Å². The zero-order valence-electron chi connectivity index (χ0n) is 16.1. The van der Waals surface area contributed by atoms with E-state index in [2.05, 4.69) is 5.10 Å². The van der Waals surface area contributed by atoms with Crippen LogP contribution in [0.5, 0.6) is 11.5 Å². The maximum atomic E-state index is 13.5. The fourth-order valence-electron chi connectivity index (χ4n) is 3.18. The standard InChI is InChI=1S/C22H17ClFN3O3/c1-26(2)22(30)21-15-9-12(13-4-8-19(28)16(23)10-13)3-7-18(15)27(25-21)14-5-6-17(24)20(29)11-14/h3-11,28-29H,1-2H3. The van der Waals surface area contributed by atoms with Crippen LogP contribution in [0.15, 0.2) is 54.6 Å². The summed E-state index contributed by atoms with van der Waals surface area (Å²) < 4.78 is 15.0. The van der Waals surface area contributed by atoms with Crippen molar-refractivity contribution in [3.63, 3.8) is 0 Å². The molecular formula is C22H17ClFN3O3. The van der Waals surface area contributed by atoms with Gasteiger partial charge >= 0.3 is 0 Å². The summed E-state index contributed by atoms with van der Waals surface area (Å²) in [5, 5.41) is 24.7. The molecule has 0 atom stereocenters. The molecule has 0 spiro atoms. The maximum Gasteiger partial charge on any atom is 0.274 e. The Hall–Kier alpha value is -3.58. The molecule has 0 radical (unpaired) electrons. The lowest BCUT2D eigenvalue weighted by molar-refractivity contribution is 0.0823. The van der Waals surface area contributed by atoms with Crippen molar-refractivity contribution in [3.8, 4) is 28.3 Å². The highest BCUT2D eigenvalue weighted by Crippen LogP contribution is 2.33. The molecule has 0 unspecified atom stereocenters. The number of aromatic nitrogens is 2. The van der Waals surface area contributed by atoms with E-state index in [1.165, 1.54) is 27.8 Å². The Balaban J connectivity index is 1.95. The third kappa shape index (κ3) is 3.33. The molecule has 0 aliphatic heterocycles. The molecule has 1 amide bonds. The largest absolute Gasteiger partial charge is 0.506 e. The Bertz CT molecular complexity index is 1300. The fraction of sp³-hybridized carbons (Fsp3) is 0.0909. The van der Waals surface area contributed by atoms with Crippen LogP contribution in [-0.4, -0.2) is 44.9 Å². The predicted molar refractivity (Wildman–Crippen MR) is 113 cm³/mol. The molecule has 0 saturated carbocycles. The molecule has 6 nitrogen and oxygen atoms in total. The molecule has 152 valence electrons. The van der Waals surface area contributed by atoms with E-state index in [0.717, 1.165) is 17.2 Å². The summed E-state index contributed by atoms with van der Waals surface area (Å²) in [7, 11) is 3.25. The predicted octanol–water partition coefficient (Wildman–Crippen LogP) is 4.60. The number of carbonyl (C=O) groups is 1. The second-order valence-corrected chi connectivity index (χ2v) is 7.40. The van der Waals surface area contributed by atoms with E-state index >= 15 is 0 Å². The van der Waals surface area contributed by atoms with Gasteiger partial charge in [-0.2, -0.15) is 5.10 Å². The summed E-state index contributed by atoms with van der Waals surface area (Å²) in [6.07, 6.45) is 0. The van der Waals surface area contributed by atoms with Crippen LogP contribution in [0.3, 0.4) is 0 Å². The minimum absolute atomic E-state index is 0.0195. The lowest BCUT2D eigenvalue weighted by Crippen LogP contribution is -2.22. The van der Waals surface area contributed by atoms with Crippen LogP contribution in [0, 0.1) is 5.82 Å². The highest BCUT2D eigenvalue weighted by molar-refractivity contribution is 6.32. The van der Waals surface area contributed by atoms with E-state index in [1.54, 1.807) is 32.3 Å². The smallest absolute Gasteiger partial charge is 0.274 e. The van der Waals surface area contributed by atoms with Gasteiger partial charge in [0.1, 0.15) is 5.75 Å². The third-order valence-electron chi connectivity index (χ3n) is 4.74. The molecule has 4 rings (SSSR count). The van der Waals surface area contributed by atoms with Crippen molar-refractivity contribution in [3.05, 3.63) is 71.1 Å². The van der Waals surface area contributed by atoms with Crippen molar-refractivity contribution < 1.29 is 19.4 Å². The quantitative estimate of drug-likeness (QED) is 0.503. The Morgan fingerprint density at radius 3 is 2.37 bits per heavy atom. The van der Waals surface area contributed by atoms with E-state index < -0.39 is 11.6 Å². The Kier molecular flexibility index (Phi) is 4.83. The molecular weight excluding hydrogens is 409 g/mol. The second kappa shape index (κ2) is 7.35. The van der Waals surface area contributed by atoms with Crippen molar-refractivity contribution in [2.45, 2.75) is 0 Å². The minimum atomic E-state index is -0.744. The molecule has 3 aromatic carbocycles. The minimum Gasteiger partial charge on any atom is -0.506 e. The second-order valence-electron chi connectivity index (χ2n) is 6.99. The van der Waals surface area contributed by atoms with E-state index in [-0.39, 0.29) is 22.4 Å². The van der Waals surface area contributed by atoms with Crippen LogP contribution in [0.2, 0.25) is 5.02 Å². The maximum absolute atomic E-state index is 13.5. The average Bonchev–Trinajstić information content (AvgIpc) is 3.10. The molecule has 4 aromatic rings. The lowest BCUT2D eigenvalue weighted by Gasteiger charge is -2.08. The molecule has 1 heterocycles. The number of carbonyl (C=O) groups excluding carboxylic acids is 1. The molecule has 0 bridgehead atoms. The summed E-state index contributed by atoms with van der Waals surface area (Å²) in [5.74, 6) is -1.57. The van der Waals surface area contributed by atoms with Crippen LogP contribution >= 0.6 is 11.6 Å². The van der Waals surface area contributed by atoms with Gasteiger partial charge in [-0.3, -0.25) is 4.79 Å². The number of rotatable bonds is 3. The number of nitrogens with zero attached hydrogens (tertiary/aromatic N) is 3. The van der Waals surface area contributed by atoms with Crippen LogP contribution in [0.1, 0.15) is 10.5 Å². The van der Waals surface area contributed by atoms with Crippen molar-refractivity contribution >= 4 is 28.4 Å². The highest BCUT2D eigenvalue weighted by atomic mass is 35.5.